The van der Waals surface area contributed by atoms with Crippen LogP contribution in [0.2, 0.25) is 0 Å². The van der Waals surface area contributed by atoms with Gasteiger partial charge in [0, 0.05) is 41.6 Å². The summed E-state index contributed by atoms with van der Waals surface area (Å²) in [5.74, 6) is 1.00. The minimum Gasteiger partial charge on any atom is -0.496 e. The van der Waals surface area contributed by atoms with Gasteiger partial charge in [-0.25, -0.2) is 0 Å². The van der Waals surface area contributed by atoms with Crippen LogP contribution >= 0.6 is 0 Å². The van der Waals surface area contributed by atoms with Crippen LogP contribution in [0.3, 0.4) is 0 Å². The Bertz CT molecular complexity index is 1610. The second-order valence-corrected chi connectivity index (χ2v) is 9.59. The molecule has 0 aliphatic carbocycles. The number of H-pyrrole nitrogens is 1. The summed E-state index contributed by atoms with van der Waals surface area (Å²) in [5, 5.41) is 8.07. The minimum atomic E-state index is -0.327. The van der Waals surface area contributed by atoms with Gasteiger partial charge in [-0.1, -0.05) is 42.5 Å². The van der Waals surface area contributed by atoms with E-state index in [-0.39, 0.29) is 31.0 Å². The van der Waals surface area contributed by atoms with E-state index in [0.717, 1.165) is 38.7 Å². The highest BCUT2D eigenvalue weighted by atomic mass is 16.5. The van der Waals surface area contributed by atoms with Crippen molar-refractivity contribution in [3.63, 3.8) is 0 Å². The molecular formula is C32H32N4O4. The maximum absolute atomic E-state index is 12.9. The van der Waals surface area contributed by atoms with Gasteiger partial charge in [-0.05, 0) is 60.4 Å². The summed E-state index contributed by atoms with van der Waals surface area (Å²) in [6.45, 7) is 0.148. The van der Waals surface area contributed by atoms with Crippen LogP contribution in [0.5, 0.6) is 11.5 Å². The first-order valence-corrected chi connectivity index (χ1v) is 13.3. The quantitative estimate of drug-likeness (QED) is 0.217. The Kier molecular flexibility index (Phi) is 8.56. The molecule has 2 heterocycles. The lowest BCUT2D eigenvalue weighted by atomic mass is 10.0. The Labute approximate surface area is 232 Å². The number of pyridine rings is 1. The van der Waals surface area contributed by atoms with Crippen molar-refractivity contribution in [1.29, 1.82) is 0 Å². The molecule has 0 saturated heterocycles. The maximum Gasteiger partial charge on any atom is 0.258 e. The Morgan fingerprint density at radius 2 is 1.80 bits per heavy atom. The second kappa shape index (κ2) is 12.8. The molecular weight excluding hydrogens is 504 g/mol. The van der Waals surface area contributed by atoms with Gasteiger partial charge >= 0.3 is 0 Å². The van der Waals surface area contributed by atoms with E-state index in [2.05, 4.69) is 20.6 Å². The van der Waals surface area contributed by atoms with Crippen LogP contribution in [-0.4, -0.2) is 48.1 Å². The SMILES string of the molecule is COc1ccccc1CCC(=O)NCC(Cc1c[nH]c2ccccc12)NC(=O)COc1ccc2ncccc2c1. The number of hydrogen-bond acceptors (Lipinski definition) is 5. The monoisotopic (exact) mass is 536 g/mol. The van der Waals surface area contributed by atoms with Crippen LogP contribution in [0, 0.1) is 0 Å². The number of benzene rings is 3. The van der Waals surface area contributed by atoms with Gasteiger partial charge in [-0.2, -0.15) is 0 Å². The molecule has 0 bridgehead atoms. The smallest absolute Gasteiger partial charge is 0.258 e. The number of hydrogen-bond donors (Lipinski definition) is 3. The van der Waals surface area contributed by atoms with Gasteiger partial charge < -0.3 is 25.1 Å². The van der Waals surface area contributed by atoms with Gasteiger partial charge in [0.05, 0.1) is 18.7 Å². The van der Waals surface area contributed by atoms with Crippen LogP contribution in [0.4, 0.5) is 0 Å². The van der Waals surface area contributed by atoms with Gasteiger partial charge in [0.1, 0.15) is 11.5 Å². The second-order valence-electron chi connectivity index (χ2n) is 9.59. The molecule has 1 unspecified atom stereocenters. The van der Waals surface area contributed by atoms with Crippen LogP contribution in [0.15, 0.2) is 91.3 Å². The normalized spacial score (nSPS) is 11.7. The van der Waals surface area contributed by atoms with E-state index in [0.29, 0.717) is 25.0 Å². The number of aromatic amines is 1. The molecule has 0 fully saturated rings. The fraction of sp³-hybridized carbons (Fsp3) is 0.219. The summed E-state index contributed by atoms with van der Waals surface area (Å²) < 4.78 is 11.2. The number of para-hydroxylation sites is 2. The molecule has 1 atom stereocenters. The Balaban J connectivity index is 1.21. The zero-order chi connectivity index (χ0) is 27.7. The average molecular weight is 537 g/mol. The van der Waals surface area contributed by atoms with Gasteiger partial charge in [-0.3, -0.25) is 14.6 Å². The Morgan fingerprint density at radius 3 is 2.70 bits per heavy atom. The Hall–Kier alpha value is -4.85. The number of fused-ring (bicyclic) bond motifs is 2. The van der Waals surface area contributed by atoms with Crippen molar-refractivity contribution in [3.05, 3.63) is 102 Å². The Morgan fingerprint density at radius 1 is 0.950 bits per heavy atom. The first-order valence-electron chi connectivity index (χ1n) is 13.3. The fourth-order valence-electron chi connectivity index (χ4n) is 4.79. The number of aryl methyl sites for hydroxylation is 1. The molecule has 3 aromatic carbocycles. The van der Waals surface area contributed by atoms with E-state index in [1.807, 2.05) is 79.0 Å². The predicted octanol–water partition coefficient (Wildman–Crippen LogP) is 4.58. The number of nitrogens with zero attached hydrogens (tertiary/aromatic N) is 1. The average Bonchev–Trinajstić information content (AvgIpc) is 3.40. The number of rotatable bonds is 12. The standard InChI is InChI=1S/C32H32N4O4/c1-39-30-11-5-2-7-22(30)12-15-31(37)35-20-25(17-24-19-34-29-10-4-3-9-27(24)29)36-32(38)21-40-26-13-14-28-23(18-26)8-6-16-33-28/h2-11,13-14,16,18-19,25,34H,12,15,17,20-21H2,1H3,(H,35,37)(H,36,38). The number of amides is 2. The number of aromatic nitrogens is 2. The molecule has 8 heteroatoms. The summed E-state index contributed by atoms with van der Waals surface area (Å²) >= 11 is 0. The predicted molar refractivity (Wildman–Crippen MR) is 155 cm³/mol. The lowest BCUT2D eigenvalue weighted by molar-refractivity contribution is -0.125. The maximum atomic E-state index is 12.9. The lowest BCUT2D eigenvalue weighted by Gasteiger charge is -2.20. The molecule has 0 aliphatic rings. The third-order valence-corrected chi connectivity index (χ3v) is 6.81. The van der Waals surface area contributed by atoms with E-state index >= 15 is 0 Å². The van der Waals surface area contributed by atoms with E-state index in [1.54, 1.807) is 19.4 Å². The molecule has 3 N–H and O–H groups in total. The summed E-state index contributed by atoms with van der Waals surface area (Å²) in [7, 11) is 1.62. The molecule has 8 nitrogen and oxygen atoms in total. The zero-order valence-corrected chi connectivity index (χ0v) is 22.4. The number of carbonyl (C=O) groups is 2. The molecule has 0 saturated carbocycles. The van der Waals surface area contributed by atoms with Crippen molar-refractivity contribution < 1.29 is 19.1 Å². The molecule has 2 amide bonds. The summed E-state index contributed by atoms with van der Waals surface area (Å²) in [6, 6.07) is 24.7. The first-order chi connectivity index (χ1) is 19.6. The van der Waals surface area contributed by atoms with Crippen LogP contribution < -0.4 is 20.1 Å². The first kappa shape index (κ1) is 26.7. The summed E-state index contributed by atoms with van der Waals surface area (Å²) in [4.78, 5) is 33.3. The van der Waals surface area contributed by atoms with Crippen molar-refractivity contribution in [1.82, 2.24) is 20.6 Å². The molecule has 0 aliphatic heterocycles. The van der Waals surface area contributed by atoms with Gasteiger partial charge in [0.15, 0.2) is 6.61 Å². The molecule has 40 heavy (non-hydrogen) atoms. The van der Waals surface area contributed by atoms with Gasteiger partial charge in [0.2, 0.25) is 5.91 Å². The highest BCUT2D eigenvalue weighted by Gasteiger charge is 2.17. The number of ether oxygens (including phenoxy) is 2. The molecule has 204 valence electrons. The summed E-state index contributed by atoms with van der Waals surface area (Å²) in [6.07, 6.45) is 5.11. The van der Waals surface area contributed by atoms with Gasteiger partial charge in [0.25, 0.3) is 5.91 Å². The summed E-state index contributed by atoms with van der Waals surface area (Å²) in [5.41, 5.74) is 3.93. The van der Waals surface area contributed by atoms with E-state index in [1.165, 1.54) is 0 Å². The minimum absolute atomic E-state index is 0.0925. The number of carbonyl (C=O) groups excluding carboxylic acids is 2. The third-order valence-electron chi connectivity index (χ3n) is 6.81. The highest BCUT2D eigenvalue weighted by molar-refractivity contribution is 5.84. The van der Waals surface area contributed by atoms with E-state index < -0.39 is 0 Å². The number of methoxy groups -OCH3 is 1. The van der Waals surface area contributed by atoms with Crippen molar-refractivity contribution in [2.75, 3.05) is 20.3 Å². The van der Waals surface area contributed by atoms with Gasteiger partial charge in [-0.15, -0.1) is 0 Å². The largest absolute Gasteiger partial charge is 0.496 e. The molecule has 5 aromatic rings. The van der Waals surface area contributed by atoms with Crippen LogP contribution in [-0.2, 0) is 22.4 Å². The van der Waals surface area contributed by atoms with Crippen molar-refractivity contribution in [2.45, 2.75) is 25.3 Å². The van der Waals surface area contributed by atoms with E-state index in [9.17, 15) is 9.59 Å². The van der Waals surface area contributed by atoms with Crippen molar-refractivity contribution in [3.8, 4) is 11.5 Å². The molecule has 0 radical (unpaired) electrons. The van der Waals surface area contributed by atoms with Crippen LogP contribution in [0.1, 0.15) is 17.5 Å². The molecule has 0 spiro atoms. The fourth-order valence-corrected chi connectivity index (χ4v) is 4.79. The molecule has 2 aromatic heterocycles. The zero-order valence-electron chi connectivity index (χ0n) is 22.4. The molecule has 5 rings (SSSR count). The van der Waals surface area contributed by atoms with E-state index in [4.69, 9.17) is 9.47 Å². The lowest BCUT2D eigenvalue weighted by Crippen LogP contribution is -2.46. The highest BCUT2D eigenvalue weighted by Crippen LogP contribution is 2.21. The number of nitrogens with one attached hydrogen (secondary N) is 3. The topological polar surface area (TPSA) is 105 Å². The third kappa shape index (κ3) is 6.77. The van der Waals surface area contributed by atoms with Crippen LogP contribution in [0.25, 0.3) is 21.8 Å². The van der Waals surface area contributed by atoms with Crippen molar-refractivity contribution in [2.24, 2.45) is 0 Å². The van der Waals surface area contributed by atoms with Crippen molar-refractivity contribution >= 4 is 33.6 Å².